The third kappa shape index (κ3) is 6.05. The second kappa shape index (κ2) is 8.83. The van der Waals surface area contributed by atoms with Crippen LogP contribution in [0.4, 0.5) is 28.9 Å². The second-order valence-corrected chi connectivity index (χ2v) is 6.21. The van der Waals surface area contributed by atoms with Crippen LogP contribution in [0.3, 0.4) is 0 Å². The van der Waals surface area contributed by atoms with E-state index in [1.54, 1.807) is 14.0 Å². The van der Waals surface area contributed by atoms with E-state index in [0.717, 1.165) is 24.3 Å². The van der Waals surface area contributed by atoms with E-state index in [4.69, 9.17) is 0 Å². The van der Waals surface area contributed by atoms with Gasteiger partial charge in [0.1, 0.15) is 5.82 Å². The molecule has 2 aromatic carbocycles. The maximum absolute atomic E-state index is 12.9. The molecule has 1 atom stereocenters. The lowest BCUT2D eigenvalue weighted by Crippen LogP contribution is -2.43. The van der Waals surface area contributed by atoms with Crippen LogP contribution in [0.15, 0.2) is 48.5 Å². The predicted octanol–water partition coefficient (Wildman–Crippen LogP) is 3.74. The van der Waals surface area contributed by atoms with Gasteiger partial charge in [0.2, 0.25) is 11.8 Å². The SMILES string of the molecule is C[C@H](C(=O)Nc1ccc(C(F)(F)F)cc1)N(C)CC(=O)Nc1ccc(F)cc1. The highest BCUT2D eigenvalue weighted by molar-refractivity contribution is 5.96. The summed E-state index contributed by atoms with van der Waals surface area (Å²) in [4.78, 5) is 25.8. The third-order valence-corrected chi connectivity index (χ3v) is 4.04. The summed E-state index contributed by atoms with van der Waals surface area (Å²) in [5, 5.41) is 5.09. The number of halogens is 4. The fourth-order valence-corrected chi connectivity index (χ4v) is 2.29. The van der Waals surface area contributed by atoms with Crippen molar-refractivity contribution < 1.29 is 27.2 Å². The summed E-state index contributed by atoms with van der Waals surface area (Å²) in [6, 6.07) is 8.59. The minimum Gasteiger partial charge on any atom is -0.325 e. The quantitative estimate of drug-likeness (QED) is 0.730. The zero-order valence-corrected chi connectivity index (χ0v) is 15.2. The van der Waals surface area contributed by atoms with E-state index < -0.39 is 35.4 Å². The van der Waals surface area contributed by atoms with Crippen LogP contribution in [0.25, 0.3) is 0 Å². The molecule has 0 aliphatic rings. The fourth-order valence-electron chi connectivity index (χ4n) is 2.29. The van der Waals surface area contributed by atoms with E-state index in [-0.39, 0.29) is 12.2 Å². The Balaban J connectivity index is 1.89. The zero-order chi connectivity index (χ0) is 20.9. The number of hydrogen-bond donors (Lipinski definition) is 2. The van der Waals surface area contributed by atoms with Crippen molar-refractivity contribution in [1.82, 2.24) is 4.90 Å². The monoisotopic (exact) mass is 397 g/mol. The summed E-state index contributed by atoms with van der Waals surface area (Å²) in [6.45, 7) is 1.45. The Morgan fingerprint density at radius 2 is 1.46 bits per heavy atom. The lowest BCUT2D eigenvalue weighted by molar-refractivity contribution is -0.137. The number of carbonyl (C=O) groups excluding carboxylic acids is 2. The maximum atomic E-state index is 12.9. The van der Waals surface area contributed by atoms with Gasteiger partial charge in [-0.2, -0.15) is 13.2 Å². The summed E-state index contributed by atoms with van der Waals surface area (Å²) in [6.07, 6.45) is -4.45. The maximum Gasteiger partial charge on any atom is 0.416 e. The molecule has 0 bridgehead atoms. The molecular weight excluding hydrogens is 378 g/mol. The molecule has 0 aromatic heterocycles. The van der Waals surface area contributed by atoms with Gasteiger partial charge in [-0.15, -0.1) is 0 Å². The Morgan fingerprint density at radius 3 is 2.00 bits per heavy atom. The molecule has 0 radical (unpaired) electrons. The van der Waals surface area contributed by atoms with Gasteiger partial charge < -0.3 is 10.6 Å². The smallest absolute Gasteiger partial charge is 0.325 e. The van der Waals surface area contributed by atoms with Gasteiger partial charge in [0, 0.05) is 11.4 Å². The van der Waals surface area contributed by atoms with Crippen LogP contribution in [0.1, 0.15) is 12.5 Å². The van der Waals surface area contributed by atoms with Gasteiger partial charge in [-0.05, 0) is 62.5 Å². The fraction of sp³-hybridized carbons (Fsp3) is 0.263. The summed E-state index contributed by atoms with van der Waals surface area (Å²) in [7, 11) is 1.56. The van der Waals surface area contributed by atoms with Crippen molar-refractivity contribution >= 4 is 23.2 Å². The van der Waals surface area contributed by atoms with E-state index in [1.807, 2.05) is 0 Å². The number of rotatable bonds is 6. The molecular formula is C19H19F4N3O2. The molecule has 0 fully saturated rings. The molecule has 0 saturated heterocycles. The zero-order valence-electron chi connectivity index (χ0n) is 15.2. The Morgan fingerprint density at radius 1 is 0.964 bits per heavy atom. The van der Waals surface area contributed by atoms with Crippen molar-refractivity contribution in [3.05, 3.63) is 59.9 Å². The van der Waals surface area contributed by atoms with Gasteiger partial charge in [-0.1, -0.05) is 0 Å². The number of amides is 2. The van der Waals surface area contributed by atoms with E-state index in [1.165, 1.54) is 29.2 Å². The first-order valence-corrected chi connectivity index (χ1v) is 8.30. The molecule has 2 aromatic rings. The molecule has 2 amide bonds. The highest BCUT2D eigenvalue weighted by Crippen LogP contribution is 2.29. The first-order valence-electron chi connectivity index (χ1n) is 8.30. The van der Waals surface area contributed by atoms with Crippen LogP contribution in [0.5, 0.6) is 0 Å². The largest absolute Gasteiger partial charge is 0.416 e. The first kappa shape index (κ1) is 21.4. The number of anilines is 2. The van der Waals surface area contributed by atoms with Gasteiger partial charge >= 0.3 is 6.18 Å². The molecule has 150 valence electrons. The first-order chi connectivity index (χ1) is 13.1. The van der Waals surface area contributed by atoms with Gasteiger partial charge in [0.25, 0.3) is 0 Å². The number of nitrogens with one attached hydrogen (secondary N) is 2. The van der Waals surface area contributed by atoms with Crippen LogP contribution >= 0.6 is 0 Å². The van der Waals surface area contributed by atoms with Crippen molar-refractivity contribution in [2.75, 3.05) is 24.2 Å². The normalized spacial score (nSPS) is 12.5. The van der Waals surface area contributed by atoms with Gasteiger partial charge in [0.05, 0.1) is 18.2 Å². The molecule has 0 saturated carbocycles. The van der Waals surface area contributed by atoms with Crippen molar-refractivity contribution in [3.8, 4) is 0 Å². The number of nitrogens with zero attached hydrogens (tertiary/aromatic N) is 1. The summed E-state index contributed by atoms with van der Waals surface area (Å²) in [5.41, 5.74) is -0.177. The number of alkyl halides is 3. The third-order valence-electron chi connectivity index (χ3n) is 4.04. The highest BCUT2D eigenvalue weighted by Gasteiger charge is 2.30. The molecule has 2 rings (SSSR count). The molecule has 0 aliphatic heterocycles. The minimum atomic E-state index is -4.45. The Hall–Kier alpha value is -2.94. The molecule has 2 N–H and O–H groups in total. The van der Waals surface area contributed by atoms with Gasteiger partial charge in [0.15, 0.2) is 0 Å². The lowest BCUT2D eigenvalue weighted by atomic mass is 10.2. The lowest BCUT2D eigenvalue weighted by Gasteiger charge is -2.23. The van der Waals surface area contributed by atoms with Crippen LogP contribution in [-0.4, -0.2) is 36.3 Å². The molecule has 0 heterocycles. The van der Waals surface area contributed by atoms with E-state index in [9.17, 15) is 27.2 Å². The number of benzene rings is 2. The minimum absolute atomic E-state index is 0.112. The summed E-state index contributed by atoms with van der Waals surface area (Å²) < 4.78 is 50.6. The average molecular weight is 397 g/mol. The van der Waals surface area contributed by atoms with Crippen LogP contribution in [0.2, 0.25) is 0 Å². The standard InChI is InChI=1S/C19H19F4N3O2/c1-12(18(28)25-16-7-3-13(4-8-16)19(21,22)23)26(2)11-17(27)24-15-9-5-14(20)6-10-15/h3-10,12H,11H2,1-2H3,(H,24,27)(H,25,28)/t12-/m1/s1. The van der Waals surface area contributed by atoms with Crippen molar-refractivity contribution in [1.29, 1.82) is 0 Å². The van der Waals surface area contributed by atoms with Crippen molar-refractivity contribution in [2.45, 2.75) is 19.1 Å². The van der Waals surface area contributed by atoms with E-state index in [0.29, 0.717) is 5.69 Å². The Labute approximate surface area is 159 Å². The predicted molar refractivity (Wildman–Crippen MR) is 97.2 cm³/mol. The molecule has 5 nitrogen and oxygen atoms in total. The highest BCUT2D eigenvalue weighted by atomic mass is 19.4. The number of hydrogen-bond acceptors (Lipinski definition) is 3. The average Bonchev–Trinajstić information content (AvgIpc) is 2.62. The van der Waals surface area contributed by atoms with Gasteiger partial charge in [-0.3, -0.25) is 14.5 Å². The number of carbonyl (C=O) groups is 2. The van der Waals surface area contributed by atoms with Crippen LogP contribution in [-0.2, 0) is 15.8 Å². The van der Waals surface area contributed by atoms with E-state index in [2.05, 4.69) is 10.6 Å². The van der Waals surface area contributed by atoms with Crippen molar-refractivity contribution in [3.63, 3.8) is 0 Å². The Bertz CT molecular complexity index is 821. The van der Waals surface area contributed by atoms with Crippen molar-refractivity contribution in [2.24, 2.45) is 0 Å². The molecule has 0 aliphatic carbocycles. The molecule has 0 spiro atoms. The second-order valence-electron chi connectivity index (χ2n) is 6.21. The van der Waals surface area contributed by atoms with Crippen LogP contribution < -0.4 is 10.6 Å². The molecule has 0 unspecified atom stereocenters. The molecule has 9 heteroatoms. The summed E-state index contributed by atoms with van der Waals surface area (Å²) >= 11 is 0. The van der Waals surface area contributed by atoms with Gasteiger partial charge in [-0.25, -0.2) is 4.39 Å². The topological polar surface area (TPSA) is 61.4 Å². The van der Waals surface area contributed by atoms with Crippen LogP contribution in [0, 0.1) is 5.82 Å². The number of likely N-dealkylation sites (N-methyl/N-ethyl adjacent to an activating group) is 1. The Kier molecular flexibility index (Phi) is 6.74. The molecule has 28 heavy (non-hydrogen) atoms. The summed E-state index contributed by atoms with van der Waals surface area (Å²) in [5.74, 6) is -1.30. The van der Waals surface area contributed by atoms with E-state index >= 15 is 0 Å².